The van der Waals surface area contributed by atoms with Gasteiger partial charge in [0.1, 0.15) is 13.2 Å². The molecule has 0 aromatic rings. The summed E-state index contributed by atoms with van der Waals surface area (Å²) in [5.41, 5.74) is 0. The van der Waals surface area contributed by atoms with Crippen LogP contribution in [0.25, 0.3) is 0 Å². The molecule has 0 N–H and O–H groups in total. The number of hydrogen-bond donors (Lipinski definition) is 0. The van der Waals surface area contributed by atoms with Gasteiger partial charge in [-0.05, 0) is 103 Å². The third kappa shape index (κ3) is 55.6. The number of carbonyl (C=O) groups excluding carboxylic acids is 3. The summed E-state index contributed by atoms with van der Waals surface area (Å²) in [6.07, 6.45) is 73.1. The quantitative estimate of drug-likeness (QED) is 0.0199. The minimum absolute atomic E-state index is 0.0836. The van der Waals surface area contributed by atoms with Crippen molar-refractivity contribution in [2.24, 2.45) is 0 Å². The lowest BCUT2D eigenvalue weighted by molar-refractivity contribution is -0.167. The van der Waals surface area contributed by atoms with Gasteiger partial charge in [-0.25, -0.2) is 0 Å². The van der Waals surface area contributed by atoms with Gasteiger partial charge in [-0.3, -0.25) is 14.4 Å². The van der Waals surface area contributed by atoms with E-state index in [4.69, 9.17) is 14.2 Å². The fraction of sp³-hybridized carbons (Fsp3) is 0.762. The van der Waals surface area contributed by atoms with E-state index >= 15 is 0 Å². The van der Waals surface area contributed by atoms with Gasteiger partial charge in [-0.1, -0.05) is 241 Å². The second-order valence-electron chi connectivity index (χ2n) is 19.6. The minimum atomic E-state index is -0.786. The normalized spacial score (nSPS) is 12.6. The van der Waals surface area contributed by atoms with Crippen molar-refractivity contribution in [2.45, 2.75) is 297 Å². The molecule has 1 atom stereocenters. The smallest absolute Gasteiger partial charge is 0.306 e. The van der Waals surface area contributed by atoms with Crippen LogP contribution in [0.2, 0.25) is 0 Å². The van der Waals surface area contributed by atoms with Gasteiger partial charge in [0.25, 0.3) is 0 Å². The van der Waals surface area contributed by atoms with Gasteiger partial charge in [-0.2, -0.15) is 0 Å². The number of esters is 3. The molecule has 0 aromatic heterocycles. The molecule has 0 amide bonds. The highest BCUT2D eigenvalue weighted by molar-refractivity contribution is 5.71. The number of carbonyl (C=O) groups is 3. The van der Waals surface area contributed by atoms with Crippen LogP contribution in [-0.4, -0.2) is 37.2 Å². The number of rotatable bonds is 53. The zero-order chi connectivity index (χ0) is 50.0. The van der Waals surface area contributed by atoms with Crippen LogP contribution in [0.3, 0.4) is 0 Å². The first-order valence-electron chi connectivity index (χ1n) is 29.5. The lowest BCUT2D eigenvalue weighted by Crippen LogP contribution is -2.30. The first-order chi connectivity index (χ1) is 34.0. The maximum absolute atomic E-state index is 12.9. The molecular formula is C63H110O6. The molecule has 1 unspecified atom stereocenters. The molecule has 398 valence electrons. The molecule has 0 spiro atoms. The molecule has 0 bridgehead atoms. The summed E-state index contributed by atoms with van der Waals surface area (Å²) >= 11 is 0. The van der Waals surface area contributed by atoms with E-state index in [1.54, 1.807) is 0 Å². The maximum atomic E-state index is 12.9. The Morgan fingerprint density at radius 2 is 0.565 bits per heavy atom. The van der Waals surface area contributed by atoms with Crippen LogP contribution < -0.4 is 0 Å². The zero-order valence-corrected chi connectivity index (χ0v) is 45.6. The molecule has 0 rings (SSSR count). The topological polar surface area (TPSA) is 78.9 Å². The van der Waals surface area contributed by atoms with E-state index in [9.17, 15) is 14.4 Å². The van der Waals surface area contributed by atoms with Gasteiger partial charge < -0.3 is 14.2 Å². The van der Waals surface area contributed by atoms with E-state index < -0.39 is 6.10 Å². The average molecular weight is 964 g/mol. The fourth-order valence-corrected chi connectivity index (χ4v) is 8.22. The summed E-state index contributed by atoms with van der Waals surface area (Å²) < 4.78 is 16.9. The minimum Gasteiger partial charge on any atom is -0.462 e. The standard InChI is InChI=1S/C63H110O6/c1-4-7-10-13-16-19-22-25-28-30-31-33-35-38-41-44-47-50-53-56-62(65)68-59-60(58-67-61(64)55-52-49-46-43-40-37-34-27-24-21-18-15-12-9-6-3)69-63(66)57-54-51-48-45-42-39-36-32-29-26-23-20-17-14-11-8-5-2/h16-22,24-27,29,60H,4-15,23,28,30-59H2,1-3H3/b19-16-,20-17-,21-18-,25-22-,27-24-,29-26-. The summed E-state index contributed by atoms with van der Waals surface area (Å²) in [5, 5.41) is 0. The van der Waals surface area contributed by atoms with Gasteiger partial charge >= 0.3 is 17.9 Å². The average Bonchev–Trinajstić information content (AvgIpc) is 3.35. The highest BCUT2D eigenvalue weighted by Crippen LogP contribution is 2.15. The number of ether oxygens (including phenoxy) is 3. The van der Waals surface area contributed by atoms with Gasteiger partial charge in [0.2, 0.25) is 0 Å². The van der Waals surface area contributed by atoms with E-state index in [2.05, 4.69) is 93.7 Å². The van der Waals surface area contributed by atoms with Crippen LogP contribution in [0.15, 0.2) is 72.9 Å². The van der Waals surface area contributed by atoms with Crippen LogP contribution in [0.5, 0.6) is 0 Å². The van der Waals surface area contributed by atoms with Crippen molar-refractivity contribution in [2.75, 3.05) is 13.2 Å². The van der Waals surface area contributed by atoms with Gasteiger partial charge in [-0.15, -0.1) is 0 Å². The van der Waals surface area contributed by atoms with E-state index in [0.717, 1.165) is 77.0 Å². The maximum Gasteiger partial charge on any atom is 0.306 e. The summed E-state index contributed by atoms with van der Waals surface area (Å²) in [5.74, 6) is -0.897. The number of allylic oxidation sites excluding steroid dienone is 12. The largest absolute Gasteiger partial charge is 0.462 e. The van der Waals surface area contributed by atoms with E-state index in [0.29, 0.717) is 19.3 Å². The second-order valence-corrected chi connectivity index (χ2v) is 19.6. The van der Waals surface area contributed by atoms with Crippen molar-refractivity contribution in [3.63, 3.8) is 0 Å². The Bertz CT molecular complexity index is 1290. The number of hydrogen-bond acceptors (Lipinski definition) is 6. The predicted octanol–water partition coefficient (Wildman–Crippen LogP) is 19.8. The third-order valence-corrected chi connectivity index (χ3v) is 12.7. The SMILES string of the molecule is CCCCC/C=C\C=C/CCCCCCCCCCCCC(=O)OCC(COC(=O)CCCCCCCC/C=C\C=C/CCCCC)OC(=O)CCCCCCCCC/C=C\C/C=C\CCCCC. The Morgan fingerprint density at radius 1 is 0.304 bits per heavy atom. The molecule has 0 aliphatic heterocycles. The van der Waals surface area contributed by atoms with E-state index in [1.165, 1.54) is 173 Å². The Hall–Kier alpha value is -3.15. The molecular weight excluding hydrogens is 853 g/mol. The summed E-state index contributed by atoms with van der Waals surface area (Å²) in [6.45, 7) is 6.56. The molecule has 0 saturated heterocycles. The predicted molar refractivity (Wildman–Crippen MR) is 298 cm³/mol. The summed E-state index contributed by atoms with van der Waals surface area (Å²) in [4.78, 5) is 38.2. The Morgan fingerprint density at radius 3 is 0.884 bits per heavy atom. The summed E-state index contributed by atoms with van der Waals surface area (Å²) in [7, 11) is 0. The molecule has 0 aromatic carbocycles. The Balaban J connectivity index is 4.40. The molecule has 0 radical (unpaired) electrons. The molecule has 6 heteroatoms. The third-order valence-electron chi connectivity index (χ3n) is 12.7. The number of unbranched alkanes of at least 4 members (excludes halogenated alkanes) is 32. The van der Waals surface area contributed by atoms with E-state index in [1.807, 2.05) is 0 Å². The molecule has 0 aliphatic carbocycles. The molecule has 0 saturated carbocycles. The van der Waals surface area contributed by atoms with Crippen molar-refractivity contribution in [1.29, 1.82) is 0 Å². The molecule has 0 fully saturated rings. The van der Waals surface area contributed by atoms with Crippen LogP contribution in [0.1, 0.15) is 290 Å². The van der Waals surface area contributed by atoms with Crippen molar-refractivity contribution in [1.82, 2.24) is 0 Å². The van der Waals surface area contributed by atoms with Crippen molar-refractivity contribution < 1.29 is 28.6 Å². The Labute approximate surface area is 427 Å². The monoisotopic (exact) mass is 963 g/mol. The molecule has 0 aliphatic rings. The first kappa shape index (κ1) is 65.8. The molecule has 6 nitrogen and oxygen atoms in total. The first-order valence-corrected chi connectivity index (χ1v) is 29.5. The van der Waals surface area contributed by atoms with Gasteiger partial charge in [0.05, 0.1) is 0 Å². The molecule has 0 heterocycles. The van der Waals surface area contributed by atoms with Crippen molar-refractivity contribution in [3.8, 4) is 0 Å². The highest BCUT2D eigenvalue weighted by Gasteiger charge is 2.19. The fourth-order valence-electron chi connectivity index (χ4n) is 8.22. The lowest BCUT2D eigenvalue weighted by Gasteiger charge is -2.18. The van der Waals surface area contributed by atoms with Crippen molar-refractivity contribution in [3.05, 3.63) is 72.9 Å². The van der Waals surface area contributed by atoms with Crippen LogP contribution in [-0.2, 0) is 28.6 Å². The van der Waals surface area contributed by atoms with Crippen LogP contribution >= 0.6 is 0 Å². The van der Waals surface area contributed by atoms with Crippen LogP contribution in [0, 0.1) is 0 Å². The highest BCUT2D eigenvalue weighted by atomic mass is 16.6. The van der Waals surface area contributed by atoms with Crippen LogP contribution in [0.4, 0.5) is 0 Å². The Kier molecular flexibility index (Phi) is 54.8. The zero-order valence-electron chi connectivity index (χ0n) is 45.6. The van der Waals surface area contributed by atoms with Crippen molar-refractivity contribution >= 4 is 17.9 Å². The summed E-state index contributed by atoms with van der Waals surface area (Å²) in [6, 6.07) is 0. The van der Waals surface area contributed by atoms with Gasteiger partial charge in [0.15, 0.2) is 6.10 Å². The van der Waals surface area contributed by atoms with E-state index in [-0.39, 0.29) is 31.1 Å². The second kappa shape index (κ2) is 57.4. The van der Waals surface area contributed by atoms with Gasteiger partial charge in [0, 0.05) is 19.3 Å². The molecule has 69 heavy (non-hydrogen) atoms. The lowest BCUT2D eigenvalue weighted by atomic mass is 10.1.